The zero-order valence-electron chi connectivity index (χ0n) is 22.0. The first-order valence-corrected chi connectivity index (χ1v) is 13.1. The van der Waals surface area contributed by atoms with E-state index in [1.54, 1.807) is 6.92 Å². The molecule has 0 aromatic rings. The molecular formula is C27H40O9. The van der Waals surface area contributed by atoms with Gasteiger partial charge in [0.2, 0.25) is 0 Å². The average molecular weight is 509 g/mol. The van der Waals surface area contributed by atoms with Crippen molar-refractivity contribution in [2.24, 2.45) is 28.6 Å². The summed E-state index contributed by atoms with van der Waals surface area (Å²) in [5.74, 6) is -2.14. The number of carbonyl (C=O) groups excluding carboxylic acids is 3. The van der Waals surface area contributed by atoms with Gasteiger partial charge in [-0.2, -0.15) is 0 Å². The van der Waals surface area contributed by atoms with E-state index >= 15 is 0 Å². The minimum atomic E-state index is -1.00. The van der Waals surface area contributed by atoms with Crippen LogP contribution in [0.1, 0.15) is 66.7 Å². The van der Waals surface area contributed by atoms with Gasteiger partial charge in [0.1, 0.15) is 24.4 Å². The number of hydrogen-bond acceptors (Lipinski definition) is 9. The number of carbonyl (C=O) groups is 3. The van der Waals surface area contributed by atoms with Gasteiger partial charge in [0.25, 0.3) is 0 Å². The van der Waals surface area contributed by atoms with Crippen molar-refractivity contribution in [1.29, 1.82) is 0 Å². The van der Waals surface area contributed by atoms with Gasteiger partial charge in [0.05, 0.1) is 30.7 Å². The molecule has 9 nitrogen and oxygen atoms in total. The Morgan fingerprint density at radius 2 is 2.03 bits per heavy atom. The monoisotopic (exact) mass is 508 g/mol. The molecule has 2 aliphatic carbocycles. The van der Waals surface area contributed by atoms with Crippen LogP contribution >= 0.6 is 0 Å². The van der Waals surface area contributed by atoms with E-state index in [1.807, 2.05) is 20.8 Å². The lowest BCUT2D eigenvalue weighted by atomic mass is 9.42. The summed E-state index contributed by atoms with van der Waals surface area (Å²) in [6.07, 6.45) is 1.72. The number of rotatable bonds is 8. The molecule has 0 radical (unpaired) electrons. The lowest BCUT2D eigenvalue weighted by Crippen LogP contribution is -2.70. The molecule has 1 spiro atoms. The van der Waals surface area contributed by atoms with Gasteiger partial charge in [0, 0.05) is 24.5 Å². The molecule has 202 valence electrons. The van der Waals surface area contributed by atoms with Crippen molar-refractivity contribution in [2.75, 3.05) is 19.8 Å². The second-order valence-corrected chi connectivity index (χ2v) is 11.6. The predicted octanol–water partition coefficient (Wildman–Crippen LogP) is 2.31. The average Bonchev–Trinajstić information content (AvgIpc) is 3.48. The number of aliphatic hydroxyl groups is 2. The number of epoxide rings is 1. The van der Waals surface area contributed by atoms with Crippen LogP contribution < -0.4 is 0 Å². The summed E-state index contributed by atoms with van der Waals surface area (Å²) >= 11 is 0. The Morgan fingerprint density at radius 3 is 2.56 bits per heavy atom. The number of ether oxygens (including phenoxy) is 4. The van der Waals surface area contributed by atoms with Crippen LogP contribution in [0.4, 0.5) is 0 Å². The van der Waals surface area contributed by atoms with Crippen LogP contribution in [0.5, 0.6) is 0 Å². The van der Waals surface area contributed by atoms with E-state index in [-0.39, 0.29) is 31.0 Å². The summed E-state index contributed by atoms with van der Waals surface area (Å²) in [7, 11) is 0. The summed E-state index contributed by atoms with van der Waals surface area (Å²) in [6, 6.07) is 0. The second-order valence-electron chi connectivity index (χ2n) is 11.6. The fraction of sp³-hybridized carbons (Fsp3) is 0.815. The van der Waals surface area contributed by atoms with Crippen molar-refractivity contribution >= 4 is 17.9 Å². The highest BCUT2D eigenvalue weighted by Crippen LogP contribution is 2.69. The van der Waals surface area contributed by atoms with Crippen molar-refractivity contribution in [3.63, 3.8) is 0 Å². The molecule has 1 saturated heterocycles. The van der Waals surface area contributed by atoms with Crippen molar-refractivity contribution in [2.45, 2.75) is 90.6 Å². The summed E-state index contributed by atoms with van der Waals surface area (Å²) in [6.45, 7) is 9.31. The first-order chi connectivity index (χ1) is 16.9. The molecule has 9 heteroatoms. The summed E-state index contributed by atoms with van der Waals surface area (Å²) < 4.78 is 23.0. The van der Waals surface area contributed by atoms with Crippen LogP contribution in [0, 0.1) is 28.6 Å². The third-order valence-electron chi connectivity index (χ3n) is 9.67. The van der Waals surface area contributed by atoms with Crippen LogP contribution in [0.25, 0.3) is 0 Å². The molecule has 4 rings (SSSR count). The summed E-state index contributed by atoms with van der Waals surface area (Å²) in [5.41, 5.74) is -1.74. The Bertz CT molecular complexity index is 924. The highest BCUT2D eigenvalue weighted by atomic mass is 16.6. The topological polar surface area (TPSA) is 132 Å². The molecule has 0 amide bonds. The Kier molecular flexibility index (Phi) is 7.31. The fourth-order valence-corrected chi connectivity index (χ4v) is 7.21. The number of esters is 3. The van der Waals surface area contributed by atoms with Gasteiger partial charge in [0.15, 0.2) is 0 Å². The van der Waals surface area contributed by atoms with E-state index in [0.29, 0.717) is 44.3 Å². The van der Waals surface area contributed by atoms with Gasteiger partial charge in [-0.05, 0) is 43.4 Å². The van der Waals surface area contributed by atoms with Crippen molar-refractivity contribution < 1.29 is 43.5 Å². The van der Waals surface area contributed by atoms with E-state index in [9.17, 15) is 24.6 Å². The first kappa shape index (κ1) is 27.1. The molecule has 3 fully saturated rings. The number of aliphatic hydroxyl groups excluding tert-OH is 2. The lowest BCUT2D eigenvalue weighted by Gasteiger charge is -2.64. The second kappa shape index (κ2) is 9.72. The van der Waals surface area contributed by atoms with Gasteiger partial charge in [-0.1, -0.05) is 27.7 Å². The highest BCUT2D eigenvalue weighted by Gasteiger charge is 2.76. The molecular weight excluding hydrogens is 468 g/mol. The van der Waals surface area contributed by atoms with Crippen LogP contribution in [0.3, 0.4) is 0 Å². The van der Waals surface area contributed by atoms with Crippen molar-refractivity contribution in [3.05, 3.63) is 11.6 Å². The van der Waals surface area contributed by atoms with Gasteiger partial charge < -0.3 is 29.2 Å². The maximum absolute atomic E-state index is 12.9. The molecule has 9 unspecified atom stereocenters. The molecule has 0 aromatic heterocycles. The fourth-order valence-electron chi connectivity index (χ4n) is 7.21. The van der Waals surface area contributed by atoms with Crippen LogP contribution in [-0.4, -0.2) is 71.9 Å². The maximum atomic E-state index is 12.9. The van der Waals surface area contributed by atoms with Gasteiger partial charge >= 0.3 is 17.9 Å². The summed E-state index contributed by atoms with van der Waals surface area (Å²) in [5, 5.41) is 22.4. The zero-order valence-corrected chi connectivity index (χ0v) is 22.0. The maximum Gasteiger partial charge on any atom is 0.331 e. The largest absolute Gasteiger partial charge is 0.462 e. The van der Waals surface area contributed by atoms with Gasteiger partial charge in [-0.3, -0.25) is 9.59 Å². The van der Waals surface area contributed by atoms with E-state index in [0.717, 1.165) is 0 Å². The Hall–Kier alpha value is -1.97. The normalized spacial score (nSPS) is 41.1. The van der Waals surface area contributed by atoms with Crippen molar-refractivity contribution in [1.82, 2.24) is 0 Å². The quantitative estimate of drug-likeness (QED) is 0.288. The lowest BCUT2D eigenvalue weighted by molar-refractivity contribution is -0.252. The molecule has 9 atom stereocenters. The molecule has 36 heavy (non-hydrogen) atoms. The third-order valence-corrected chi connectivity index (χ3v) is 9.67. The van der Waals surface area contributed by atoms with Gasteiger partial charge in [-0.25, -0.2) is 4.79 Å². The highest BCUT2D eigenvalue weighted by molar-refractivity contribution is 5.85. The molecule has 2 saturated carbocycles. The standard InChI is InChI=1S/C27H40O9/c1-6-15(2)24(32)36-20(18-10-22(31)33-12-18)11-25(5)16(3)9-21(35-17(4)29)27(13-28)23(25)19(30)7-8-26(27)14-34-26/h10,15-16,19-21,23,28,30H,6-9,11-14H2,1-5H3. The number of hydrogen-bond donors (Lipinski definition) is 2. The van der Waals surface area contributed by atoms with Crippen LogP contribution in [0.2, 0.25) is 0 Å². The molecule has 4 aliphatic rings. The number of cyclic esters (lactones) is 1. The van der Waals surface area contributed by atoms with E-state index in [1.165, 1.54) is 13.0 Å². The molecule has 2 heterocycles. The molecule has 0 aromatic carbocycles. The molecule has 0 bridgehead atoms. The third kappa shape index (κ3) is 4.27. The predicted molar refractivity (Wildman–Crippen MR) is 127 cm³/mol. The van der Waals surface area contributed by atoms with Gasteiger partial charge in [-0.15, -0.1) is 0 Å². The minimum absolute atomic E-state index is 0.0449. The zero-order chi connectivity index (χ0) is 26.5. The first-order valence-electron chi connectivity index (χ1n) is 13.1. The van der Waals surface area contributed by atoms with Crippen LogP contribution in [0.15, 0.2) is 11.6 Å². The van der Waals surface area contributed by atoms with E-state index in [2.05, 4.69) is 0 Å². The minimum Gasteiger partial charge on any atom is -0.462 e. The number of fused-ring (bicyclic) bond motifs is 2. The van der Waals surface area contributed by atoms with Crippen LogP contribution in [-0.2, 0) is 33.3 Å². The smallest absolute Gasteiger partial charge is 0.331 e. The SMILES string of the molecule is CCC(C)C(=O)OC(CC1(C)C(C)CC(OC(C)=O)C2(CO)C1C(O)CCC21CO1)C1=CC(=O)OC1. The Morgan fingerprint density at radius 1 is 1.33 bits per heavy atom. The summed E-state index contributed by atoms with van der Waals surface area (Å²) in [4.78, 5) is 36.9. The molecule has 2 N–H and O–H groups in total. The van der Waals surface area contributed by atoms with E-state index < -0.39 is 52.6 Å². The Balaban J connectivity index is 1.76. The van der Waals surface area contributed by atoms with Crippen molar-refractivity contribution in [3.8, 4) is 0 Å². The molecule has 2 aliphatic heterocycles. The Labute approximate surface area is 212 Å². The van der Waals surface area contributed by atoms with E-state index in [4.69, 9.17) is 18.9 Å².